The van der Waals surface area contributed by atoms with Crippen LogP contribution < -0.4 is 5.32 Å². The first kappa shape index (κ1) is 31.2. The second kappa shape index (κ2) is 14.3. The van der Waals surface area contributed by atoms with E-state index in [1.54, 1.807) is 18.6 Å². The Labute approximate surface area is 246 Å². The quantitative estimate of drug-likeness (QED) is 0.246. The molecule has 2 fully saturated rings. The van der Waals surface area contributed by atoms with E-state index in [0.717, 1.165) is 15.7 Å². The van der Waals surface area contributed by atoms with E-state index in [1.807, 2.05) is 69.2 Å². The molecular formula is C30H29FeN3O4S. The number of nitro benzene ring substituents is 1. The number of carbonyl (C=O) groups is 1. The molecule has 1 heterocycles. The van der Waals surface area contributed by atoms with Gasteiger partial charge in [0.2, 0.25) is 11.8 Å². The van der Waals surface area contributed by atoms with Gasteiger partial charge in [-0.2, -0.15) is 0 Å². The molecule has 10 radical (unpaired) electrons. The Morgan fingerprint density at radius 2 is 1.64 bits per heavy atom. The third kappa shape index (κ3) is 8.57. The normalized spacial score (nSPS) is 19.4. The molecule has 1 N–H and O–H groups in total. The number of carbonyl (C=O) groups excluding carboxylic acids is 1. The second-order valence-electron chi connectivity index (χ2n) is 9.75. The summed E-state index contributed by atoms with van der Waals surface area (Å²) in [6.07, 6.45) is 15.4. The summed E-state index contributed by atoms with van der Waals surface area (Å²) in [4.78, 5) is 29.1. The van der Waals surface area contributed by atoms with Crippen molar-refractivity contribution in [1.82, 2.24) is 0 Å². The van der Waals surface area contributed by atoms with Crippen molar-refractivity contribution in [2.24, 2.45) is 10.4 Å². The van der Waals surface area contributed by atoms with Gasteiger partial charge in [0.15, 0.2) is 0 Å². The SMILES string of the molecule is CC(C)(C)[C@H]1COC(c2ccccc2NC(=O)[C]2[CH][CH][CH][C]2Sc2ccc([N+](=O)[O-])cc2)=N1.[CH]1[CH][CH][CH][CH]1.[Fe]. The van der Waals surface area contributed by atoms with Crippen LogP contribution in [0.1, 0.15) is 26.3 Å². The maximum atomic E-state index is 13.1. The van der Waals surface area contributed by atoms with Gasteiger partial charge in [-0.1, -0.05) is 32.9 Å². The molecule has 2 aliphatic carbocycles. The number of non-ortho nitro benzene ring substituents is 1. The monoisotopic (exact) mass is 583 g/mol. The van der Waals surface area contributed by atoms with Crippen molar-refractivity contribution in [3.63, 3.8) is 0 Å². The van der Waals surface area contributed by atoms with Crippen LogP contribution >= 0.6 is 11.8 Å². The molecule has 39 heavy (non-hydrogen) atoms. The molecule has 9 heteroatoms. The summed E-state index contributed by atoms with van der Waals surface area (Å²) in [7, 11) is 0. The van der Waals surface area contributed by atoms with Crippen molar-refractivity contribution in [3.8, 4) is 0 Å². The molecule has 1 amide bonds. The number of para-hydroxylation sites is 1. The minimum absolute atomic E-state index is 0. The summed E-state index contributed by atoms with van der Waals surface area (Å²) in [6.45, 7) is 6.89. The number of nitro groups is 1. The van der Waals surface area contributed by atoms with Gasteiger partial charge in [0.05, 0.1) is 33.4 Å². The number of hydrogen-bond donors (Lipinski definition) is 1. The van der Waals surface area contributed by atoms with Gasteiger partial charge in [0.1, 0.15) is 6.61 Å². The summed E-state index contributed by atoms with van der Waals surface area (Å²) in [5.74, 6) is 0.812. The Morgan fingerprint density at radius 3 is 2.23 bits per heavy atom. The van der Waals surface area contributed by atoms with E-state index in [9.17, 15) is 14.9 Å². The molecule has 3 aliphatic rings. The standard InChI is InChI=1S/C25H24N3O4S.C5H5.Fe/c1-25(2,3)22-15-32-24(27-22)18-7-4-5-9-20(18)26-23(29)19-8-6-10-21(19)33-17-13-11-16(12-14-17)28(30)31;1-2-4-5-3-1;/h4-14,22H,15H2,1-3H3,(H,26,29);1-5H;/t22-;;/m1../s1. The first-order valence-electron chi connectivity index (χ1n) is 12.2. The van der Waals surface area contributed by atoms with E-state index < -0.39 is 4.92 Å². The molecule has 2 aromatic rings. The molecule has 7 nitrogen and oxygen atoms in total. The Morgan fingerprint density at radius 1 is 1.00 bits per heavy atom. The topological polar surface area (TPSA) is 93.8 Å². The number of anilines is 1. The van der Waals surface area contributed by atoms with E-state index in [1.165, 1.54) is 23.9 Å². The molecule has 1 aliphatic heterocycles. The van der Waals surface area contributed by atoms with E-state index in [2.05, 4.69) is 26.1 Å². The number of aliphatic imine (C=N–C) groups is 1. The number of nitrogens with one attached hydrogen (secondary N) is 1. The zero-order chi connectivity index (χ0) is 27.1. The van der Waals surface area contributed by atoms with Crippen LogP contribution in [0.5, 0.6) is 0 Å². The predicted molar refractivity (Wildman–Crippen MR) is 151 cm³/mol. The third-order valence-electron chi connectivity index (χ3n) is 5.91. The fraction of sp³-hybridized carbons (Fsp3) is 0.200. The molecule has 2 aromatic carbocycles. The van der Waals surface area contributed by atoms with E-state index in [0.29, 0.717) is 24.1 Å². The van der Waals surface area contributed by atoms with Crippen LogP contribution in [-0.2, 0) is 26.6 Å². The van der Waals surface area contributed by atoms with Gasteiger partial charge in [-0.25, -0.2) is 4.99 Å². The molecule has 0 spiro atoms. The molecule has 2 saturated carbocycles. The van der Waals surface area contributed by atoms with Gasteiger partial charge < -0.3 is 10.1 Å². The average Bonchev–Trinajstić information content (AvgIpc) is 3.68. The number of thioether (sulfide) groups is 1. The molecule has 0 aromatic heterocycles. The summed E-state index contributed by atoms with van der Waals surface area (Å²) < 4.78 is 5.87. The summed E-state index contributed by atoms with van der Waals surface area (Å²) >= 11 is 1.38. The maximum absolute atomic E-state index is 13.1. The van der Waals surface area contributed by atoms with Gasteiger partial charge >= 0.3 is 0 Å². The van der Waals surface area contributed by atoms with Crippen LogP contribution in [0.2, 0.25) is 0 Å². The Bertz CT molecular complexity index is 1140. The van der Waals surface area contributed by atoms with Gasteiger partial charge in [-0.05, 0) is 81.0 Å². The average molecular weight is 583 g/mol. The van der Waals surface area contributed by atoms with Gasteiger partial charge in [0, 0.05) is 34.1 Å². The van der Waals surface area contributed by atoms with Gasteiger partial charge in [-0.3, -0.25) is 14.9 Å². The number of rotatable bonds is 6. The van der Waals surface area contributed by atoms with Crippen molar-refractivity contribution < 1.29 is 31.5 Å². The molecule has 202 valence electrons. The van der Waals surface area contributed by atoms with E-state index >= 15 is 0 Å². The summed E-state index contributed by atoms with van der Waals surface area (Å²) in [5, 5.41) is 14.6. The van der Waals surface area contributed by atoms with Gasteiger partial charge in [0.25, 0.3) is 5.69 Å². The van der Waals surface area contributed by atoms with Crippen LogP contribution in [-0.4, -0.2) is 29.4 Å². The maximum Gasteiger partial charge on any atom is 0.269 e. The Kier molecular flexibility index (Phi) is 11.5. The predicted octanol–water partition coefficient (Wildman–Crippen LogP) is 6.27. The Balaban J connectivity index is 0.000000630. The zero-order valence-corrected chi connectivity index (χ0v) is 23.7. The summed E-state index contributed by atoms with van der Waals surface area (Å²) in [5.41, 5.74) is 1.39. The molecular weight excluding hydrogens is 554 g/mol. The van der Waals surface area contributed by atoms with E-state index in [-0.39, 0.29) is 40.1 Å². The van der Waals surface area contributed by atoms with Crippen LogP contribution in [0.25, 0.3) is 0 Å². The number of benzene rings is 2. The van der Waals surface area contributed by atoms with Gasteiger partial charge in [-0.15, -0.1) is 11.8 Å². The summed E-state index contributed by atoms with van der Waals surface area (Å²) in [6, 6.07) is 13.8. The molecule has 0 bridgehead atoms. The third-order valence-corrected chi connectivity index (χ3v) is 6.99. The van der Waals surface area contributed by atoms with E-state index in [4.69, 9.17) is 9.73 Å². The second-order valence-corrected chi connectivity index (χ2v) is 10.9. The van der Waals surface area contributed by atoms with Crippen LogP contribution in [0.4, 0.5) is 11.4 Å². The van der Waals surface area contributed by atoms with Crippen molar-refractivity contribution in [2.45, 2.75) is 31.7 Å². The number of nitrogens with zero attached hydrogens (tertiary/aromatic N) is 2. The number of hydrogen-bond acceptors (Lipinski definition) is 6. The molecule has 5 rings (SSSR count). The molecule has 1 atom stereocenters. The number of amides is 1. The smallest absolute Gasteiger partial charge is 0.269 e. The van der Waals surface area contributed by atoms with Crippen molar-refractivity contribution in [1.29, 1.82) is 0 Å². The molecule has 0 saturated heterocycles. The van der Waals surface area contributed by atoms with Crippen LogP contribution in [0, 0.1) is 78.1 Å². The van der Waals surface area contributed by atoms with Crippen molar-refractivity contribution in [3.05, 3.63) is 127 Å². The first-order chi connectivity index (χ1) is 18.2. The largest absolute Gasteiger partial charge is 0.475 e. The fourth-order valence-corrected chi connectivity index (χ4v) is 4.64. The zero-order valence-electron chi connectivity index (χ0n) is 21.8. The van der Waals surface area contributed by atoms with Crippen LogP contribution in [0.3, 0.4) is 0 Å². The minimum atomic E-state index is -0.435. The fourth-order valence-electron chi connectivity index (χ4n) is 3.70. The van der Waals surface area contributed by atoms with Crippen molar-refractivity contribution >= 4 is 34.9 Å². The molecule has 0 unspecified atom stereocenters. The van der Waals surface area contributed by atoms with Crippen molar-refractivity contribution in [2.75, 3.05) is 11.9 Å². The minimum Gasteiger partial charge on any atom is -0.475 e. The number of ether oxygens (including phenoxy) is 1. The Hall–Kier alpha value is -2.35. The first-order valence-corrected chi connectivity index (χ1v) is 13.0. The van der Waals surface area contributed by atoms with Crippen LogP contribution in [0.15, 0.2) is 58.4 Å².